The lowest BCUT2D eigenvalue weighted by Crippen LogP contribution is -2.32. The van der Waals surface area contributed by atoms with Gasteiger partial charge in [0.1, 0.15) is 6.17 Å². The van der Waals surface area contributed by atoms with Crippen LogP contribution in [0, 0.1) is 0 Å². The third-order valence-electron chi connectivity index (χ3n) is 2.75. The Balaban J connectivity index is 2.52. The van der Waals surface area contributed by atoms with Crippen molar-refractivity contribution in [3.63, 3.8) is 0 Å². The number of amides is 1. The van der Waals surface area contributed by atoms with E-state index in [1.165, 1.54) is 0 Å². The average Bonchev–Trinajstić information content (AvgIpc) is 2.32. The van der Waals surface area contributed by atoms with Gasteiger partial charge in [0, 0.05) is 23.7 Å². The van der Waals surface area contributed by atoms with Crippen LogP contribution in [0.2, 0.25) is 0 Å². The van der Waals surface area contributed by atoms with Crippen LogP contribution in [0.4, 0.5) is 0 Å². The zero-order valence-corrected chi connectivity index (χ0v) is 12.1. The second-order valence-corrected chi connectivity index (χ2v) is 4.63. The highest BCUT2D eigenvalue weighted by Crippen LogP contribution is 2.15. The van der Waals surface area contributed by atoms with Crippen LogP contribution in [0.1, 0.15) is 34.1 Å². The second-order valence-electron chi connectivity index (χ2n) is 4.63. The molecule has 0 aliphatic carbocycles. The molecule has 19 heavy (non-hydrogen) atoms. The van der Waals surface area contributed by atoms with Gasteiger partial charge in [-0.2, -0.15) is 5.10 Å². The number of rotatable bonds is 5. The lowest BCUT2D eigenvalue weighted by Gasteiger charge is -2.27. The fourth-order valence-electron chi connectivity index (χ4n) is 1.82. The van der Waals surface area contributed by atoms with Crippen molar-refractivity contribution < 1.29 is 4.79 Å². The number of allylic oxidation sites excluding steroid dienone is 2. The van der Waals surface area contributed by atoms with Crippen molar-refractivity contribution in [1.82, 2.24) is 10.3 Å². The molecule has 1 amide bonds. The normalized spacial score (nSPS) is 20.8. The third-order valence-corrected chi connectivity index (χ3v) is 2.75. The molecule has 0 aromatic rings. The minimum absolute atomic E-state index is 0.0244. The summed E-state index contributed by atoms with van der Waals surface area (Å²) < 4.78 is 0. The Bertz CT molecular complexity index is 437. The summed E-state index contributed by atoms with van der Waals surface area (Å²) >= 11 is 0. The Labute approximate surface area is 114 Å². The summed E-state index contributed by atoms with van der Waals surface area (Å²) in [4.78, 5) is 16.0. The van der Waals surface area contributed by atoms with Crippen LogP contribution < -0.4 is 5.32 Å². The van der Waals surface area contributed by atoms with Gasteiger partial charge in [0.15, 0.2) is 0 Å². The van der Waals surface area contributed by atoms with Gasteiger partial charge in [0.05, 0.1) is 6.42 Å². The van der Waals surface area contributed by atoms with Crippen molar-refractivity contribution in [2.45, 2.75) is 46.3 Å². The monoisotopic (exact) mass is 262 g/mol. The standard InChI is InChI=1S/C14H22N4O/c1-6-10(2)17-14(19)7-8-15-18-12(4)9-11(3)16-13(18)5/h6,8-10,13H,1,7H2,2-5H3,(H,17,19)/b15-8-. The molecule has 5 nitrogen and oxygen atoms in total. The quantitative estimate of drug-likeness (QED) is 0.609. The molecule has 1 N–H and O–H groups in total. The van der Waals surface area contributed by atoms with Crippen LogP contribution in [-0.4, -0.2) is 35.0 Å². The van der Waals surface area contributed by atoms with E-state index in [0.717, 1.165) is 11.4 Å². The maximum absolute atomic E-state index is 11.6. The molecular weight excluding hydrogens is 240 g/mol. The van der Waals surface area contributed by atoms with E-state index in [9.17, 15) is 4.79 Å². The first-order valence-electron chi connectivity index (χ1n) is 6.40. The molecule has 5 heteroatoms. The summed E-state index contributed by atoms with van der Waals surface area (Å²) in [5.74, 6) is -0.0675. The molecule has 1 rings (SSSR count). The van der Waals surface area contributed by atoms with Crippen molar-refractivity contribution in [2.24, 2.45) is 10.1 Å². The Kier molecular flexibility index (Phi) is 5.48. The van der Waals surface area contributed by atoms with Gasteiger partial charge in [-0.15, -0.1) is 6.58 Å². The van der Waals surface area contributed by atoms with Gasteiger partial charge in [0.25, 0.3) is 0 Å². The van der Waals surface area contributed by atoms with E-state index < -0.39 is 0 Å². The molecule has 0 fully saturated rings. The zero-order valence-electron chi connectivity index (χ0n) is 12.1. The summed E-state index contributed by atoms with van der Waals surface area (Å²) in [6, 6.07) is -0.0244. The number of carbonyl (C=O) groups excluding carboxylic acids is 1. The van der Waals surface area contributed by atoms with Gasteiger partial charge in [-0.25, -0.2) is 5.01 Å². The van der Waals surface area contributed by atoms with Gasteiger partial charge in [-0.1, -0.05) is 6.08 Å². The van der Waals surface area contributed by atoms with Crippen molar-refractivity contribution in [2.75, 3.05) is 0 Å². The predicted octanol–water partition coefficient (Wildman–Crippen LogP) is 2.08. The lowest BCUT2D eigenvalue weighted by atomic mass is 10.2. The van der Waals surface area contributed by atoms with E-state index in [-0.39, 0.29) is 24.5 Å². The van der Waals surface area contributed by atoms with Crippen molar-refractivity contribution >= 4 is 17.8 Å². The van der Waals surface area contributed by atoms with E-state index >= 15 is 0 Å². The number of hydrazone groups is 1. The fraction of sp³-hybridized carbons (Fsp3) is 0.500. The van der Waals surface area contributed by atoms with Crippen LogP contribution in [0.15, 0.2) is 34.5 Å². The Morgan fingerprint density at radius 1 is 1.68 bits per heavy atom. The molecule has 1 heterocycles. The molecule has 0 aromatic heterocycles. The molecule has 0 aromatic carbocycles. The number of nitrogens with zero attached hydrogens (tertiary/aromatic N) is 3. The molecule has 0 radical (unpaired) electrons. The smallest absolute Gasteiger partial charge is 0.225 e. The molecular formula is C14H22N4O. The van der Waals surface area contributed by atoms with E-state index in [1.54, 1.807) is 17.3 Å². The zero-order chi connectivity index (χ0) is 14.4. The molecule has 0 saturated carbocycles. The summed E-state index contributed by atoms with van der Waals surface area (Å²) in [7, 11) is 0. The predicted molar refractivity (Wildman–Crippen MR) is 79.1 cm³/mol. The molecule has 0 saturated heterocycles. The summed E-state index contributed by atoms with van der Waals surface area (Å²) in [6.07, 6.45) is 5.48. The van der Waals surface area contributed by atoms with Crippen LogP contribution >= 0.6 is 0 Å². The highest BCUT2D eigenvalue weighted by molar-refractivity contribution is 5.94. The molecule has 2 atom stereocenters. The minimum Gasteiger partial charge on any atom is -0.350 e. The van der Waals surface area contributed by atoms with Gasteiger partial charge in [-0.3, -0.25) is 9.79 Å². The van der Waals surface area contributed by atoms with Crippen LogP contribution in [-0.2, 0) is 4.79 Å². The molecule has 1 aliphatic heterocycles. The largest absolute Gasteiger partial charge is 0.350 e. The number of nitrogens with one attached hydrogen (secondary N) is 1. The maximum Gasteiger partial charge on any atom is 0.225 e. The SMILES string of the molecule is C=CC(C)NC(=O)C/C=N\N1C(C)=CC(C)=NC1C. The Morgan fingerprint density at radius 3 is 2.95 bits per heavy atom. The van der Waals surface area contributed by atoms with Gasteiger partial charge in [-0.05, 0) is 33.8 Å². The summed E-state index contributed by atoms with van der Waals surface area (Å²) in [5, 5.41) is 8.89. The van der Waals surface area contributed by atoms with Gasteiger partial charge in [0.2, 0.25) is 5.91 Å². The number of hydrogen-bond acceptors (Lipinski definition) is 4. The average molecular weight is 262 g/mol. The molecule has 1 aliphatic rings. The number of aliphatic imine (C=N–C) groups is 1. The maximum atomic E-state index is 11.6. The van der Waals surface area contributed by atoms with Crippen molar-refractivity contribution in [3.8, 4) is 0 Å². The van der Waals surface area contributed by atoms with E-state index in [4.69, 9.17) is 0 Å². The summed E-state index contributed by atoms with van der Waals surface area (Å²) in [5.41, 5.74) is 2.02. The number of hydrogen-bond donors (Lipinski definition) is 1. The topological polar surface area (TPSA) is 57.1 Å². The molecule has 2 unspecified atom stereocenters. The molecule has 0 bridgehead atoms. The van der Waals surface area contributed by atoms with E-state index in [0.29, 0.717) is 0 Å². The first-order valence-corrected chi connectivity index (χ1v) is 6.40. The van der Waals surface area contributed by atoms with Crippen LogP contribution in [0.3, 0.4) is 0 Å². The van der Waals surface area contributed by atoms with Crippen molar-refractivity contribution in [3.05, 3.63) is 24.4 Å². The van der Waals surface area contributed by atoms with Crippen LogP contribution in [0.5, 0.6) is 0 Å². The van der Waals surface area contributed by atoms with Gasteiger partial charge < -0.3 is 5.32 Å². The Hall–Kier alpha value is -1.91. The highest BCUT2D eigenvalue weighted by atomic mass is 16.1. The summed E-state index contributed by atoms with van der Waals surface area (Å²) in [6.45, 7) is 11.4. The first-order chi connectivity index (χ1) is 8.93. The van der Waals surface area contributed by atoms with Crippen molar-refractivity contribution in [1.29, 1.82) is 0 Å². The van der Waals surface area contributed by atoms with E-state index in [2.05, 4.69) is 22.0 Å². The fourth-order valence-corrected chi connectivity index (χ4v) is 1.82. The number of carbonyl (C=O) groups is 1. The first kappa shape index (κ1) is 15.1. The minimum atomic E-state index is -0.0675. The molecule has 0 spiro atoms. The third kappa shape index (κ3) is 4.69. The lowest BCUT2D eigenvalue weighted by molar-refractivity contribution is -0.120. The van der Waals surface area contributed by atoms with Gasteiger partial charge >= 0.3 is 0 Å². The van der Waals surface area contributed by atoms with E-state index in [1.807, 2.05) is 33.8 Å². The highest BCUT2D eigenvalue weighted by Gasteiger charge is 2.16. The second kappa shape index (κ2) is 6.87. The Morgan fingerprint density at radius 2 is 2.37 bits per heavy atom. The molecule has 104 valence electrons. The van der Waals surface area contributed by atoms with Crippen LogP contribution in [0.25, 0.3) is 0 Å².